The smallest absolute Gasteiger partial charge is 0.408 e. The highest BCUT2D eigenvalue weighted by atomic mass is 16.6. The molecule has 0 bridgehead atoms. The van der Waals surface area contributed by atoms with Crippen molar-refractivity contribution in [2.45, 2.75) is 78.1 Å². The molecule has 0 heterocycles. The Morgan fingerprint density at radius 1 is 0.826 bits per heavy atom. The van der Waals surface area contributed by atoms with Crippen molar-refractivity contribution < 1.29 is 29.3 Å². The third kappa shape index (κ3) is 8.56. The molecule has 0 aliphatic heterocycles. The van der Waals surface area contributed by atoms with Crippen molar-refractivity contribution >= 4 is 34.4 Å². The van der Waals surface area contributed by atoms with E-state index in [1.54, 1.807) is 58.0 Å². The van der Waals surface area contributed by atoms with Gasteiger partial charge in [-0.3, -0.25) is 9.59 Å². The van der Waals surface area contributed by atoms with E-state index in [9.17, 15) is 24.6 Å². The quantitative estimate of drug-likeness (QED) is 0.167. The molecule has 0 saturated heterocycles. The molecule has 9 nitrogen and oxygen atoms in total. The normalized spacial score (nSPS) is 13.0. The molecule has 4 N–H and O–H groups in total. The van der Waals surface area contributed by atoms with Gasteiger partial charge in [-0.25, -0.2) is 4.79 Å². The van der Waals surface area contributed by atoms with Gasteiger partial charge in [-0.05, 0) is 112 Å². The number of anilines is 1. The van der Waals surface area contributed by atoms with Gasteiger partial charge < -0.3 is 30.5 Å². The van der Waals surface area contributed by atoms with Crippen molar-refractivity contribution in [2.24, 2.45) is 0 Å². The summed E-state index contributed by atoms with van der Waals surface area (Å²) < 4.78 is 5.51. The zero-order chi connectivity index (χ0) is 33.8. The van der Waals surface area contributed by atoms with E-state index in [0.29, 0.717) is 22.4 Å². The van der Waals surface area contributed by atoms with Gasteiger partial charge in [0.1, 0.15) is 29.2 Å². The summed E-state index contributed by atoms with van der Waals surface area (Å²) in [7, 11) is 0. The van der Waals surface area contributed by atoms with Gasteiger partial charge in [-0.15, -0.1) is 0 Å². The predicted octanol–water partition coefficient (Wildman–Crippen LogP) is 7.00. The van der Waals surface area contributed by atoms with Crippen LogP contribution in [0.5, 0.6) is 11.5 Å². The highest BCUT2D eigenvalue weighted by molar-refractivity contribution is 6.00. The molecule has 242 valence electrons. The Kier molecular flexibility index (Phi) is 9.95. The van der Waals surface area contributed by atoms with Gasteiger partial charge in [0.05, 0.1) is 0 Å². The van der Waals surface area contributed by atoms with Crippen molar-refractivity contribution in [3.63, 3.8) is 0 Å². The summed E-state index contributed by atoms with van der Waals surface area (Å²) in [5.74, 6) is -0.862. The van der Waals surface area contributed by atoms with E-state index in [-0.39, 0.29) is 17.9 Å². The lowest BCUT2D eigenvalue weighted by Crippen LogP contribution is -2.58. The van der Waals surface area contributed by atoms with Crippen molar-refractivity contribution in [3.05, 3.63) is 102 Å². The number of benzene rings is 4. The van der Waals surface area contributed by atoms with Gasteiger partial charge in [-0.2, -0.15) is 0 Å². The molecule has 9 heteroatoms. The first-order valence-corrected chi connectivity index (χ1v) is 15.2. The van der Waals surface area contributed by atoms with Crippen LogP contribution in [0.15, 0.2) is 84.9 Å². The number of phenols is 2. The minimum atomic E-state index is -1.15. The van der Waals surface area contributed by atoms with Crippen molar-refractivity contribution in [1.29, 1.82) is 0 Å². The molecule has 46 heavy (non-hydrogen) atoms. The maximum atomic E-state index is 14.7. The number of rotatable bonds is 8. The minimum Gasteiger partial charge on any atom is -0.508 e. The first-order valence-electron chi connectivity index (χ1n) is 15.2. The summed E-state index contributed by atoms with van der Waals surface area (Å²) in [6, 6.07) is 22.2. The summed E-state index contributed by atoms with van der Waals surface area (Å²) in [6.45, 7) is 12.4. The largest absolute Gasteiger partial charge is 0.508 e. The Labute approximate surface area is 270 Å². The Balaban J connectivity index is 1.80. The van der Waals surface area contributed by atoms with E-state index in [1.807, 2.05) is 57.2 Å². The number of nitrogens with one attached hydrogen (secondary N) is 2. The summed E-state index contributed by atoms with van der Waals surface area (Å²) in [4.78, 5) is 43.6. The summed E-state index contributed by atoms with van der Waals surface area (Å²) >= 11 is 0. The van der Waals surface area contributed by atoms with Crippen LogP contribution in [0.4, 0.5) is 10.5 Å². The molecule has 0 radical (unpaired) electrons. The molecule has 0 saturated carbocycles. The van der Waals surface area contributed by atoms with Crippen LogP contribution in [-0.4, -0.2) is 50.2 Å². The van der Waals surface area contributed by atoms with E-state index in [2.05, 4.69) is 10.6 Å². The Bertz CT molecular complexity index is 1720. The summed E-state index contributed by atoms with van der Waals surface area (Å²) in [6.07, 6.45) is -0.713. The van der Waals surface area contributed by atoms with E-state index >= 15 is 0 Å². The Hall–Kier alpha value is -5.05. The number of aryl methyl sites for hydroxylation is 1. The molecule has 4 rings (SSSR count). The molecule has 2 atom stereocenters. The second kappa shape index (κ2) is 13.5. The molecule has 2 unspecified atom stereocenters. The van der Waals surface area contributed by atoms with Crippen LogP contribution in [0, 0.1) is 6.92 Å². The molecule has 0 fully saturated rings. The number of hydrogen-bond acceptors (Lipinski definition) is 6. The number of nitrogens with zero attached hydrogens (tertiary/aromatic N) is 1. The number of phenolic OH excluding ortho intramolecular Hbond substituents is 2. The van der Waals surface area contributed by atoms with E-state index in [1.165, 1.54) is 23.1 Å². The topological polar surface area (TPSA) is 128 Å². The molecule has 4 aromatic rings. The number of fused-ring (bicyclic) bond motifs is 1. The molecular formula is C37H43N3O6. The van der Waals surface area contributed by atoms with Crippen LogP contribution in [0.2, 0.25) is 0 Å². The fraction of sp³-hybridized carbons (Fsp3) is 0.324. The maximum absolute atomic E-state index is 14.7. The lowest BCUT2D eigenvalue weighted by Gasteiger charge is -2.43. The fourth-order valence-corrected chi connectivity index (χ4v) is 5.27. The lowest BCUT2D eigenvalue weighted by atomic mass is 9.93. The fourth-order valence-electron chi connectivity index (χ4n) is 5.27. The zero-order valence-electron chi connectivity index (χ0n) is 27.4. The van der Waals surface area contributed by atoms with Crippen molar-refractivity contribution in [2.75, 3.05) is 5.32 Å². The van der Waals surface area contributed by atoms with E-state index < -0.39 is 41.1 Å². The lowest BCUT2D eigenvalue weighted by molar-refractivity contribution is -0.146. The van der Waals surface area contributed by atoms with Crippen LogP contribution in [0.1, 0.15) is 64.3 Å². The molecule has 0 aliphatic carbocycles. The molecule has 4 aromatic carbocycles. The number of amides is 3. The number of carbonyl (C=O) groups excluding carboxylic acids is 3. The van der Waals surface area contributed by atoms with Crippen molar-refractivity contribution in [3.8, 4) is 11.5 Å². The highest BCUT2D eigenvalue weighted by Gasteiger charge is 2.42. The SMILES string of the molecule is Cc1cc(C(C(=O)Nc2ccc3ccccc3c2)N(C(=O)C(Cc2ccc(O)cc2)NC(=O)OC(C)(C)C)C(C)(C)C)ccc1O. The number of carbonyl (C=O) groups is 3. The predicted molar refractivity (Wildman–Crippen MR) is 180 cm³/mol. The number of hydrogen-bond donors (Lipinski definition) is 4. The summed E-state index contributed by atoms with van der Waals surface area (Å²) in [5, 5.41) is 27.8. The second-order valence-corrected chi connectivity index (χ2v) is 13.4. The standard InChI is InChI=1S/C37H43N3O6/c1-23-20-27(15-19-31(23)42)32(33(43)38-28-16-14-25-10-8-9-11-26(25)22-28)40(36(2,3)4)34(44)30(39-35(45)46-37(5,6)7)21-24-12-17-29(41)18-13-24/h8-20,22,30,32,41-42H,21H2,1-7H3,(H,38,43)(H,39,45). The third-order valence-corrected chi connectivity index (χ3v) is 7.39. The highest BCUT2D eigenvalue weighted by Crippen LogP contribution is 2.34. The zero-order valence-corrected chi connectivity index (χ0v) is 27.4. The van der Waals surface area contributed by atoms with Crippen LogP contribution >= 0.6 is 0 Å². The molecular weight excluding hydrogens is 582 g/mol. The van der Waals surface area contributed by atoms with Crippen LogP contribution in [-0.2, 0) is 20.7 Å². The number of ether oxygens (including phenoxy) is 1. The molecule has 3 amide bonds. The van der Waals surface area contributed by atoms with Gasteiger partial charge in [0.2, 0.25) is 5.91 Å². The average Bonchev–Trinajstić information content (AvgIpc) is 2.96. The number of aromatic hydroxyl groups is 2. The van der Waals surface area contributed by atoms with Gasteiger partial charge >= 0.3 is 6.09 Å². The van der Waals surface area contributed by atoms with Gasteiger partial charge in [0.15, 0.2) is 0 Å². The Morgan fingerprint density at radius 3 is 2.09 bits per heavy atom. The maximum Gasteiger partial charge on any atom is 0.408 e. The molecule has 0 spiro atoms. The van der Waals surface area contributed by atoms with Gasteiger partial charge in [-0.1, -0.05) is 48.5 Å². The van der Waals surface area contributed by atoms with E-state index in [0.717, 1.165) is 10.8 Å². The second-order valence-electron chi connectivity index (χ2n) is 13.4. The minimum absolute atomic E-state index is 0.0582. The monoisotopic (exact) mass is 625 g/mol. The van der Waals surface area contributed by atoms with Gasteiger partial charge in [0, 0.05) is 17.6 Å². The molecule has 0 aromatic heterocycles. The van der Waals surface area contributed by atoms with Crippen molar-refractivity contribution in [1.82, 2.24) is 10.2 Å². The number of alkyl carbamates (subject to hydrolysis) is 1. The molecule has 0 aliphatic rings. The van der Waals surface area contributed by atoms with Crippen LogP contribution in [0.3, 0.4) is 0 Å². The third-order valence-electron chi connectivity index (χ3n) is 7.39. The van der Waals surface area contributed by atoms with E-state index in [4.69, 9.17) is 4.74 Å². The van der Waals surface area contributed by atoms with Crippen LogP contribution < -0.4 is 10.6 Å². The average molecular weight is 626 g/mol. The van der Waals surface area contributed by atoms with Gasteiger partial charge in [0.25, 0.3) is 5.91 Å². The van der Waals surface area contributed by atoms with Crippen LogP contribution in [0.25, 0.3) is 10.8 Å². The first-order chi connectivity index (χ1) is 21.5. The Morgan fingerprint density at radius 2 is 1.48 bits per heavy atom. The first kappa shape index (κ1) is 33.8. The summed E-state index contributed by atoms with van der Waals surface area (Å²) in [5.41, 5.74) is 0.521.